The van der Waals surface area contributed by atoms with Crippen molar-refractivity contribution in [1.82, 2.24) is 4.98 Å². The number of hydrogen-bond donors (Lipinski definition) is 1. The zero-order chi connectivity index (χ0) is 17.1. The third-order valence-corrected chi connectivity index (χ3v) is 3.70. The van der Waals surface area contributed by atoms with E-state index < -0.39 is 17.2 Å². The highest BCUT2D eigenvalue weighted by atomic mass is 16.5. The summed E-state index contributed by atoms with van der Waals surface area (Å²) in [6, 6.07) is 9.76. The number of carbonyl (C=O) groups is 1. The van der Waals surface area contributed by atoms with E-state index >= 15 is 0 Å². The molecule has 0 saturated heterocycles. The third kappa shape index (κ3) is 3.12. The third-order valence-electron chi connectivity index (χ3n) is 3.70. The fraction of sp³-hybridized carbons (Fsp3) is 0.167. The summed E-state index contributed by atoms with van der Waals surface area (Å²) in [6.07, 6.45) is 2.25. The van der Waals surface area contributed by atoms with Gasteiger partial charge in [-0.15, -0.1) is 0 Å². The summed E-state index contributed by atoms with van der Waals surface area (Å²) in [5.41, 5.74) is 0.899. The molecule has 0 fully saturated rings. The van der Waals surface area contributed by atoms with Crippen LogP contribution in [0.1, 0.15) is 28.4 Å². The minimum absolute atomic E-state index is 0.0851. The van der Waals surface area contributed by atoms with Gasteiger partial charge in [-0.3, -0.25) is 4.79 Å². The van der Waals surface area contributed by atoms with Gasteiger partial charge in [0.15, 0.2) is 0 Å². The lowest BCUT2D eigenvalue weighted by Crippen LogP contribution is -2.19. The van der Waals surface area contributed by atoms with Crippen LogP contribution in [0.3, 0.4) is 0 Å². The standard InChI is InChI=1S/C18H15NO5/c1-2-11-5-6-13-12(9-16(20)24-15(13)8-11)10-23-18(22)14-4-3-7-19-17(14)21/h3-9H,2,10H2,1H3,(H,19,21). The van der Waals surface area contributed by atoms with Gasteiger partial charge in [-0.05, 0) is 30.2 Å². The number of ether oxygens (including phenoxy) is 1. The Kier molecular flexibility index (Phi) is 4.29. The van der Waals surface area contributed by atoms with E-state index in [1.54, 1.807) is 6.07 Å². The molecule has 0 radical (unpaired) electrons. The predicted molar refractivity (Wildman–Crippen MR) is 88.0 cm³/mol. The lowest BCUT2D eigenvalue weighted by molar-refractivity contribution is 0.0471. The summed E-state index contributed by atoms with van der Waals surface area (Å²) < 4.78 is 10.4. The smallest absolute Gasteiger partial charge is 0.344 e. The number of aromatic amines is 1. The summed E-state index contributed by atoms with van der Waals surface area (Å²) >= 11 is 0. The number of esters is 1. The average molecular weight is 325 g/mol. The normalized spacial score (nSPS) is 10.7. The fourth-order valence-electron chi connectivity index (χ4n) is 2.42. The Balaban J connectivity index is 1.90. The zero-order valence-electron chi connectivity index (χ0n) is 13.0. The SMILES string of the molecule is CCc1ccc2c(COC(=O)c3ccc[nH]c3=O)cc(=O)oc2c1. The van der Waals surface area contributed by atoms with Crippen molar-refractivity contribution >= 4 is 16.9 Å². The van der Waals surface area contributed by atoms with Crippen LogP contribution in [-0.2, 0) is 17.8 Å². The van der Waals surface area contributed by atoms with Crippen molar-refractivity contribution in [2.24, 2.45) is 0 Å². The Labute approximate surface area is 136 Å². The highest BCUT2D eigenvalue weighted by Gasteiger charge is 2.13. The molecule has 0 aliphatic carbocycles. The number of fused-ring (bicyclic) bond motifs is 1. The number of aromatic nitrogens is 1. The van der Waals surface area contributed by atoms with Crippen LogP contribution in [0.4, 0.5) is 0 Å². The first-order valence-corrected chi connectivity index (χ1v) is 7.49. The fourth-order valence-corrected chi connectivity index (χ4v) is 2.42. The maximum absolute atomic E-state index is 12.0. The van der Waals surface area contributed by atoms with Crippen LogP contribution in [0.2, 0.25) is 0 Å². The number of pyridine rings is 1. The number of H-pyrrole nitrogens is 1. The van der Waals surface area contributed by atoms with Crippen LogP contribution in [-0.4, -0.2) is 11.0 Å². The number of nitrogens with one attached hydrogen (secondary N) is 1. The molecular weight excluding hydrogens is 310 g/mol. The summed E-state index contributed by atoms with van der Waals surface area (Å²) in [4.78, 5) is 37.7. The second kappa shape index (κ2) is 6.54. The Morgan fingerprint density at radius 1 is 1.21 bits per heavy atom. The first-order chi connectivity index (χ1) is 11.6. The Morgan fingerprint density at radius 2 is 2.04 bits per heavy atom. The summed E-state index contributed by atoms with van der Waals surface area (Å²) in [7, 11) is 0. The van der Waals surface area contributed by atoms with Crippen molar-refractivity contribution in [1.29, 1.82) is 0 Å². The van der Waals surface area contributed by atoms with Crippen LogP contribution in [0.25, 0.3) is 11.0 Å². The molecule has 0 aliphatic heterocycles. The van der Waals surface area contributed by atoms with E-state index in [0.29, 0.717) is 16.5 Å². The molecular formula is C18H15NO5. The molecule has 0 saturated carbocycles. The first kappa shape index (κ1) is 15.7. The van der Waals surface area contributed by atoms with Gasteiger partial charge in [0.25, 0.3) is 5.56 Å². The zero-order valence-corrected chi connectivity index (χ0v) is 13.0. The van der Waals surface area contributed by atoms with E-state index in [-0.39, 0.29) is 12.2 Å². The van der Waals surface area contributed by atoms with E-state index in [1.807, 2.05) is 19.1 Å². The van der Waals surface area contributed by atoms with Gasteiger partial charge >= 0.3 is 11.6 Å². The lowest BCUT2D eigenvalue weighted by Gasteiger charge is -2.08. The highest BCUT2D eigenvalue weighted by molar-refractivity contribution is 5.89. The Morgan fingerprint density at radius 3 is 2.79 bits per heavy atom. The van der Waals surface area contributed by atoms with Crippen LogP contribution in [0.15, 0.2) is 56.6 Å². The number of rotatable bonds is 4. The number of carbonyl (C=O) groups excluding carboxylic acids is 1. The van der Waals surface area contributed by atoms with Crippen molar-refractivity contribution < 1.29 is 13.9 Å². The van der Waals surface area contributed by atoms with Gasteiger partial charge < -0.3 is 14.1 Å². The van der Waals surface area contributed by atoms with Crippen molar-refractivity contribution in [2.75, 3.05) is 0 Å². The molecule has 0 aliphatic rings. The number of hydrogen-bond acceptors (Lipinski definition) is 5. The predicted octanol–water partition coefficient (Wildman–Crippen LogP) is 2.40. The second-order valence-corrected chi connectivity index (χ2v) is 5.26. The largest absolute Gasteiger partial charge is 0.457 e. The summed E-state index contributed by atoms with van der Waals surface area (Å²) in [5, 5.41) is 0.696. The molecule has 6 nitrogen and oxygen atoms in total. The van der Waals surface area contributed by atoms with E-state index in [0.717, 1.165) is 12.0 Å². The quantitative estimate of drug-likeness (QED) is 0.588. The number of benzene rings is 1. The molecule has 24 heavy (non-hydrogen) atoms. The maximum atomic E-state index is 12.0. The van der Waals surface area contributed by atoms with Gasteiger partial charge in [-0.1, -0.05) is 19.1 Å². The molecule has 1 aromatic carbocycles. The Hall–Kier alpha value is -3.15. The van der Waals surface area contributed by atoms with E-state index in [2.05, 4.69) is 4.98 Å². The molecule has 6 heteroatoms. The average Bonchev–Trinajstić information content (AvgIpc) is 2.59. The molecule has 0 amide bonds. The summed E-state index contributed by atoms with van der Waals surface area (Å²) in [5.74, 6) is -0.747. The monoisotopic (exact) mass is 325 g/mol. The first-order valence-electron chi connectivity index (χ1n) is 7.49. The molecule has 0 bridgehead atoms. The van der Waals surface area contributed by atoms with Crippen LogP contribution in [0, 0.1) is 0 Å². The number of aryl methyl sites for hydroxylation is 1. The highest BCUT2D eigenvalue weighted by Crippen LogP contribution is 2.20. The van der Waals surface area contributed by atoms with E-state index in [9.17, 15) is 14.4 Å². The van der Waals surface area contributed by atoms with Gasteiger partial charge in [-0.2, -0.15) is 0 Å². The molecule has 3 aromatic rings. The molecule has 3 rings (SSSR count). The molecule has 2 heterocycles. The molecule has 0 atom stereocenters. The maximum Gasteiger partial charge on any atom is 0.344 e. The molecule has 122 valence electrons. The van der Waals surface area contributed by atoms with Crippen LogP contribution < -0.4 is 11.2 Å². The van der Waals surface area contributed by atoms with Gasteiger partial charge in [0.1, 0.15) is 17.8 Å². The minimum atomic E-state index is -0.747. The van der Waals surface area contributed by atoms with Gasteiger partial charge in [-0.25, -0.2) is 9.59 Å². The lowest BCUT2D eigenvalue weighted by atomic mass is 10.1. The minimum Gasteiger partial charge on any atom is -0.457 e. The van der Waals surface area contributed by atoms with Crippen molar-refractivity contribution in [2.45, 2.75) is 20.0 Å². The summed E-state index contributed by atoms with van der Waals surface area (Å²) in [6.45, 7) is 1.88. The molecule has 0 spiro atoms. The molecule has 1 N–H and O–H groups in total. The van der Waals surface area contributed by atoms with E-state index in [4.69, 9.17) is 9.15 Å². The van der Waals surface area contributed by atoms with Crippen LogP contribution in [0.5, 0.6) is 0 Å². The van der Waals surface area contributed by atoms with E-state index in [1.165, 1.54) is 24.4 Å². The molecule has 0 unspecified atom stereocenters. The Bertz CT molecular complexity index is 1020. The van der Waals surface area contributed by atoms with Gasteiger partial charge in [0.2, 0.25) is 0 Å². The van der Waals surface area contributed by atoms with Gasteiger partial charge in [0.05, 0.1) is 0 Å². The van der Waals surface area contributed by atoms with Gasteiger partial charge in [0, 0.05) is 23.2 Å². The second-order valence-electron chi connectivity index (χ2n) is 5.26. The van der Waals surface area contributed by atoms with Crippen molar-refractivity contribution in [3.05, 3.63) is 80.1 Å². The topological polar surface area (TPSA) is 89.4 Å². The van der Waals surface area contributed by atoms with Crippen molar-refractivity contribution in [3.8, 4) is 0 Å². The molecule has 2 aromatic heterocycles. The van der Waals surface area contributed by atoms with Crippen LogP contribution >= 0.6 is 0 Å². The van der Waals surface area contributed by atoms with Crippen molar-refractivity contribution in [3.63, 3.8) is 0 Å².